The Morgan fingerprint density at radius 1 is 1.50 bits per heavy atom. The molecule has 1 fully saturated rings. The zero-order valence-corrected chi connectivity index (χ0v) is 9.33. The quantitative estimate of drug-likeness (QED) is 0.585. The molecule has 1 amide bonds. The molecule has 0 unspecified atom stereocenters. The van der Waals surface area contributed by atoms with E-state index in [1.165, 1.54) is 24.2 Å². The van der Waals surface area contributed by atoms with Crippen LogP contribution < -0.4 is 0 Å². The topological polar surface area (TPSA) is 40.5 Å². The molecule has 1 atom stereocenters. The van der Waals surface area contributed by atoms with Gasteiger partial charge in [-0.1, -0.05) is 19.3 Å². The van der Waals surface area contributed by atoms with E-state index in [-0.39, 0.29) is 12.0 Å². The number of amides is 1. The summed E-state index contributed by atoms with van der Waals surface area (Å²) in [6.45, 7) is 1.96. The van der Waals surface area contributed by atoms with E-state index in [2.05, 4.69) is 0 Å². The lowest BCUT2D eigenvalue weighted by Gasteiger charge is -2.33. The van der Waals surface area contributed by atoms with Crippen molar-refractivity contribution in [1.29, 1.82) is 0 Å². The summed E-state index contributed by atoms with van der Waals surface area (Å²) in [6, 6.07) is 0.137. The monoisotopic (exact) mass is 219 g/mol. The molecule has 0 aliphatic heterocycles. The second kappa shape index (κ2) is 5.44. The highest BCUT2D eigenvalue weighted by molar-refractivity contribution is 6.18. The highest BCUT2D eigenvalue weighted by Gasteiger charge is 2.27. The molecule has 0 saturated heterocycles. The second-order valence-corrected chi connectivity index (χ2v) is 4.25. The maximum absolute atomic E-state index is 10.9. The minimum absolute atomic E-state index is 0.0605. The van der Waals surface area contributed by atoms with Crippen LogP contribution >= 0.6 is 11.6 Å². The molecule has 0 aromatic heterocycles. The van der Waals surface area contributed by atoms with Crippen molar-refractivity contribution >= 4 is 17.7 Å². The second-order valence-electron chi connectivity index (χ2n) is 4.01. The summed E-state index contributed by atoms with van der Waals surface area (Å²) in [5.74, 6) is 0.499. The number of hydrogen-bond acceptors (Lipinski definition) is 1. The normalized spacial score (nSPS) is 20.4. The van der Waals surface area contributed by atoms with Gasteiger partial charge in [0.2, 0.25) is 0 Å². The Morgan fingerprint density at radius 2 is 2.07 bits per heavy atom. The van der Waals surface area contributed by atoms with Gasteiger partial charge in [0.1, 0.15) is 0 Å². The van der Waals surface area contributed by atoms with E-state index in [9.17, 15) is 4.79 Å². The number of hydrogen-bond donors (Lipinski definition) is 1. The number of rotatable bonds is 3. The van der Waals surface area contributed by atoms with Crippen LogP contribution in [0.5, 0.6) is 0 Å². The summed E-state index contributed by atoms with van der Waals surface area (Å²) in [5, 5.41) is 8.92. The highest BCUT2D eigenvalue weighted by Crippen LogP contribution is 2.28. The fraction of sp³-hybridized carbons (Fsp3) is 0.900. The van der Waals surface area contributed by atoms with Gasteiger partial charge < -0.3 is 5.11 Å². The average Bonchev–Trinajstić information content (AvgIpc) is 2.19. The summed E-state index contributed by atoms with van der Waals surface area (Å²) < 4.78 is 0. The predicted molar refractivity (Wildman–Crippen MR) is 56.6 cm³/mol. The molecular weight excluding hydrogens is 202 g/mol. The maximum Gasteiger partial charge on any atom is 0.408 e. The molecule has 1 aliphatic rings. The first-order chi connectivity index (χ1) is 6.66. The van der Waals surface area contributed by atoms with Gasteiger partial charge in [-0.3, -0.25) is 4.90 Å². The first-order valence-electron chi connectivity index (χ1n) is 5.22. The van der Waals surface area contributed by atoms with Gasteiger partial charge >= 0.3 is 6.09 Å². The third-order valence-corrected chi connectivity index (χ3v) is 3.46. The van der Waals surface area contributed by atoms with Gasteiger partial charge in [-0.2, -0.15) is 0 Å². The summed E-state index contributed by atoms with van der Waals surface area (Å²) >= 11 is 5.62. The van der Waals surface area contributed by atoms with Crippen LogP contribution in [-0.2, 0) is 0 Å². The Bertz CT molecular complexity index is 193. The Balaban J connectivity index is 2.51. The number of carbonyl (C=O) groups is 1. The van der Waals surface area contributed by atoms with Crippen molar-refractivity contribution in [3.05, 3.63) is 0 Å². The third kappa shape index (κ3) is 2.77. The van der Waals surface area contributed by atoms with Crippen molar-refractivity contribution in [1.82, 2.24) is 4.90 Å². The highest BCUT2D eigenvalue weighted by atomic mass is 35.5. The molecule has 0 heterocycles. The third-order valence-electron chi connectivity index (χ3n) is 3.20. The molecule has 0 aromatic carbocycles. The Labute approximate surface area is 90.0 Å². The van der Waals surface area contributed by atoms with Gasteiger partial charge in [0.05, 0.1) is 6.00 Å². The minimum atomic E-state index is -0.905. The van der Waals surface area contributed by atoms with Crippen molar-refractivity contribution in [2.45, 2.75) is 45.1 Å². The van der Waals surface area contributed by atoms with Crippen LogP contribution in [-0.4, -0.2) is 28.1 Å². The molecule has 14 heavy (non-hydrogen) atoms. The Morgan fingerprint density at radius 3 is 2.50 bits per heavy atom. The lowest BCUT2D eigenvalue weighted by atomic mass is 9.84. The van der Waals surface area contributed by atoms with Gasteiger partial charge in [0.25, 0.3) is 0 Å². The smallest absolute Gasteiger partial charge is 0.408 e. The van der Waals surface area contributed by atoms with Crippen LogP contribution in [0.15, 0.2) is 0 Å². The van der Waals surface area contributed by atoms with Crippen molar-refractivity contribution in [2.75, 3.05) is 6.00 Å². The summed E-state index contributed by atoms with van der Waals surface area (Å²) in [7, 11) is 0. The lowest BCUT2D eigenvalue weighted by molar-refractivity contribution is 0.111. The molecular formula is C10H18ClNO2. The summed E-state index contributed by atoms with van der Waals surface area (Å²) in [6.07, 6.45) is 5.12. The molecule has 1 rings (SSSR count). The molecule has 0 aromatic rings. The number of nitrogens with zero attached hydrogens (tertiary/aromatic N) is 1. The van der Waals surface area contributed by atoms with Crippen molar-refractivity contribution in [3.8, 4) is 0 Å². The molecule has 4 heteroatoms. The van der Waals surface area contributed by atoms with E-state index in [0.29, 0.717) is 5.92 Å². The van der Waals surface area contributed by atoms with Gasteiger partial charge in [-0.25, -0.2) is 4.79 Å². The fourth-order valence-corrected chi connectivity index (χ4v) is 2.53. The first-order valence-corrected chi connectivity index (χ1v) is 5.75. The van der Waals surface area contributed by atoms with Crippen LogP contribution in [0.4, 0.5) is 4.79 Å². The molecule has 82 valence electrons. The van der Waals surface area contributed by atoms with Crippen molar-refractivity contribution in [2.24, 2.45) is 5.92 Å². The van der Waals surface area contributed by atoms with Crippen molar-refractivity contribution in [3.63, 3.8) is 0 Å². The Hall–Kier alpha value is -0.440. The van der Waals surface area contributed by atoms with Crippen LogP contribution in [0.2, 0.25) is 0 Å². The van der Waals surface area contributed by atoms with Crippen LogP contribution in [0.25, 0.3) is 0 Å². The van der Waals surface area contributed by atoms with E-state index in [1.54, 1.807) is 0 Å². The molecule has 0 radical (unpaired) electrons. The van der Waals surface area contributed by atoms with Crippen molar-refractivity contribution < 1.29 is 9.90 Å². The number of carboxylic acid groups (broad SMARTS) is 1. The molecule has 0 bridgehead atoms. The van der Waals surface area contributed by atoms with Gasteiger partial charge in [0.15, 0.2) is 0 Å². The zero-order valence-electron chi connectivity index (χ0n) is 8.58. The summed E-state index contributed by atoms with van der Waals surface area (Å²) in [4.78, 5) is 12.2. The van der Waals surface area contributed by atoms with Gasteiger partial charge in [-0.15, -0.1) is 11.6 Å². The van der Waals surface area contributed by atoms with Crippen LogP contribution in [0.3, 0.4) is 0 Å². The van der Waals surface area contributed by atoms with E-state index < -0.39 is 6.09 Å². The van der Waals surface area contributed by atoms with Crippen LogP contribution in [0.1, 0.15) is 39.0 Å². The lowest BCUT2D eigenvalue weighted by Crippen LogP contribution is -2.41. The van der Waals surface area contributed by atoms with Crippen LogP contribution in [0, 0.1) is 5.92 Å². The molecule has 3 nitrogen and oxygen atoms in total. The fourth-order valence-electron chi connectivity index (χ4n) is 2.21. The average molecular weight is 220 g/mol. The molecule has 1 saturated carbocycles. The first kappa shape index (κ1) is 11.6. The molecule has 0 spiro atoms. The predicted octanol–water partition coefficient (Wildman–Crippen LogP) is 3.13. The van der Waals surface area contributed by atoms with E-state index >= 15 is 0 Å². The largest absolute Gasteiger partial charge is 0.465 e. The standard InChI is InChI=1S/C10H18ClNO2/c1-8(12(7-11)10(13)14)9-5-3-2-4-6-9/h8-9H,2-7H2,1H3,(H,13,14)/t8-/m1/s1. The van der Waals surface area contributed by atoms with Gasteiger partial charge in [-0.05, 0) is 25.7 Å². The summed E-state index contributed by atoms with van der Waals surface area (Å²) in [5.41, 5.74) is 0. The van der Waals surface area contributed by atoms with Gasteiger partial charge in [0, 0.05) is 6.04 Å². The molecule has 1 aliphatic carbocycles. The van der Waals surface area contributed by atoms with E-state index in [4.69, 9.17) is 16.7 Å². The SMILES string of the molecule is C[C@H](C1CCCCC1)N(CCl)C(=O)O. The minimum Gasteiger partial charge on any atom is -0.465 e. The van der Waals surface area contributed by atoms with E-state index in [1.807, 2.05) is 6.92 Å². The molecule has 1 N–H and O–H groups in total. The maximum atomic E-state index is 10.9. The number of halogens is 1. The van der Waals surface area contributed by atoms with E-state index in [0.717, 1.165) is 12.8 Å². The Kier molecular flexibility index (Phi) is 4.52. The number of alkyl halides is 1. The zero-order chi connectivity index (χ0) is 10.6.